The molecule has 3 nitrogen and oxygen atoms in total. The number of halogens is 7. The summed E-state index contributed by atoms with van der Waals surface area (Å²) in [5.74, 6) is -0.841. The second-order valence-corrected chi connectivity index (χ2v) is 7.77. The molecule has 0 aliphatic carbocycles. The molecule has 2 aromatic carbocycles. The Morgan fingerprint density at radius 1 is 0.969 bits per heavy atom. The summed E-state index contributed by atoms with van der Waals surface area (Å²) in [6.45, 7) is 4.89. The fourth-order valence-electron chi connectivity index (χ4n) is 3.66. The number of nitrogens with one attached hydrogen (secondary N) is 1. The summed E-state index contributed by atoms with van der Waals surface area (Å²) in [5.41, 5.74) is -0.504. The molecular weight excluding hydrogens is 458 g/mol. The largest absolute Gasteiger partial charge is 0.416 e. The maximum absolute atomic E-state index is 13.2. The highest BCUT2D eigenvalue weighted by Gasteiger charge is 2.38. The average Bonchev–Trinajstić information content (AvgIpc) is 2.69. The van der Waals surface area contributed by atoms with Gasteiger partial charge in [-0.25, -0.2) is 0 Å². The first-order valence-electron chi connectivity index (χ1n) is 9.73. The van der Waals surface area contributed by atoms with E-state index in [1.807, 2.05) is 32.0 Å². The Kier molecular flexibility index (Phi) is 7.88. The van der Waals surface area contributed by atoms with Crippen LogP contribution in [0, 0.1) is 13.8 Å². The number of benzene rings is 2. The van der Waals surface area contributed by atoms with Crippen LogP contribution in [-0.4, -0.2) is 36.5 Å². The summed E-state index contributed by atoms with van der Waals surface area (Å²) in [6.07, 6.45) is -9.57. The van der Waals surface area contributed by atoms with Crippen LogP contribution >= 0.6 is 12.4 Å². The van der Waals surface area contributed by atoms with Gasteiger partial charge in [-0.05, 0) is 55.2 Å². The van der Waals surface area contributed by atoms with Gasteiger partial charge in [0.15, 0.2) is 0 Å². The predicted octanol–water partition coefficient (Wildman–Crippen LogP) is 5.42. The van der Waals surface area contributed by atoms with E-state index in [0.717, 1.165) is 16.7 Å². The Morgan fingerprint density at radius 2 is 1.56 bits per heavy atom. The van der Waals surface area contributed by atoms with Gasteiger partial charge < -0.3 is 10.2 Å². The van der Waals surface area contributed by atoms with Gasteiger partial charge >= 0.3 is 12.4 Å². The van der Waals surface area contributed by atoms with E-state index >= 15 is 0 Å². The van der Waals surface area contributed by atoms with Crippen LogP contribution in [0.15, 0.2) is 36.4 Å². The lowest BCUT2D eigenvalue weighted by Gasteiger charge is -2.36. The lowest BCUT2D eigenvalue weighted by molar-refractivity contribution is -0.143. The number of piperazine rings is 1. The van der Waals surface area contributed by atoms with Crippen molar-refractivity contribution in [3.8, 4) is 0 Å². The predicted molar refractivity (Wildman–Crippen MR) is 111 cm³/mol. The Hall–Kier alpha value is -2.26. The first-order valence-corrected chi connectivity index (χ1v) is 9.73. The number of hydrogen-bond donors (Lipinski definition) is 1. The smallest absolute Gasteiger partial charge is 0.333 e. The number of alkyl halides is 6. The van der Waals surface area contributed by atoms with Crippen LogP contribution < -0.4 is 5.32 Å². The van der Waals surface area contributed by atoms with Crippen LogP contribution in [-0.2, 0) is 18.8 Å². The van der Waals surface area contributed by atoms with E-state index in [0.29, 0.717) is 31.6 Å². The molecular formula is C22H23ClF6N2O. The van der Waals surface area contributed by atoms with E-state index in [4.69, 9.17) is 0 Å². The van der Waals surface area contributed by atoms with Gasteiger partial charge in [-0.3, -0.25) is 4.79 Å². The minimum Gasteiger partial charge on any atom is -0.333 e. The highest BCUT2D eigenvalue weighted by Crippen LogP contribution is 2.36. The van der Waals surface area contributed by atoms with Gasteiger partial charge in [0.1, 0.15) is 0 Å². The molecule has 0 aromatic heterocycles. The molecule has 0 saturated carbocycles. The highest BCUT2D eigenvalue weighted by molar-refractivity contribution is 5.95. The number of carbonyl (C=O) groups excluding carboxylic acids is 1. The maximum atomic E-state index is 13.2. The molecule has 0 bridgehead atoms. The Balaban J connectivity index is 0.00000363. The van der Waals surface area contributed by atoms with Crippen molar-refractivity contribution in [2.75, 3.05) is 19.6 Å². The zero-order chi connectivity index (χ0) is 23.0. The molecule has 1 aliphatic heterocycles. The highest BCUT2D eigenvalue weighted by atomic mass is 35.5. The molecule has 32 heavy (non-hydrogen) atoms. The zero-order valence-corrected chi connectivity index (χ0v) is 18.2. The molecule has 2 aromatic rings. The Morgan fingerprint density at radius 3 is 2.09 bits per heavy atom. The second kappa shape index (κ2) is 9.70. The van der Waals surface area contributed by atoms with Gasteiger partial charge in [0, 0.05) is 31.2 Å². The Labute approximate surface area is 188 Å². The summed E-state index contributed by atoms with van der Waals surface area (Å²) in [7, 11) is 0. The van der Waals surface area contributed by atoms with Crippen molar-refractivity contribution < 1.29 is 31.1 Å². The van der Waals surface area contributed by atoms with E-state index in [1.54, 1.807) is 0 Å². The molecule has 0 unspecified atom stereocenters. The third-order valence-electron chi connectivity index (χ3n) is 5.49. The topological polar surface area (TPSA) is 32.3 Å². The van der Waals surface area contributed by atoms with E-state index in [2.05, 4.69) is 5.32 Å². The van der Waals surface area contributed by atoms with Gasteiger partial charge in [0.05, 0.1) is 11.1 Å². The molecule has 1 saturated heterocycles. The normalized spacial score (nSPS) is 17.1. The lowest BCUT2D eigenvalue weighted by atomic mass is 9.97. The monoisotopic (exact) mass is 480 g/mol. The van der Waals surface area contributed by atoms with E-state index in [-0.39, 0.29) is 25.0 Å². The van der Waals surface area contributed by atoms with Gasteiger partial charge in [-0.2, -0.15) is 26.3 Å². The summed E-state index contributed by atoms with van der Waals surface area (Å²) in [6, 6.07) is 6.44. The molecule has 1 fully saturated rings. The van der Waals surface area contributed by atoms with Crippen LogP contribution in [0.1, 0.15) is 38.2 Å². The van der Waals surface area contributed by atoms with Crippen LogP contribution in [0.5, 0.6) is 0 Å². The standard InChI is InChI=1S/C22H22F6N2O.ClH/c1-13-3-4-15(7-14(13)2)8-19-12-29-5-6-30(19)20(31)16-9-17(21(23,24)25)11-18(10-16)22(26,27)28;/h3-4,7,9-11,19,29H,5-6,8,12H2,1-2H3;1H/t19-;/m1./s1. The van der Waals surface area contributed by atoms with Crippen molar-refractivity contribution in [3.63, 3.8) is 0 Å². The van der Waals surface area contributed by atoms with Crippen molar-refractivity contribution in [1.82, 2.24) is 10.2 Å². The molecule has 1 aliphatic rings. The Bertz CT molecular complexity index is 942. The molecule has 0 spiro atoms. The number of rotatable bonds is 3. The van der Waals surface area contributed by atoms with Crippen LogP contribution in [0.4, 0.5) is 26.3 Å². The minimum absolute atomic E-state index is 0. The fourth-order valence-corrected chi connectivity index (χ4v) is 3.66. The van der Waals surface area contributed by atoms with Gasteiger partial charge in [0.25, 0.3) is 5.91 Å². The quantitative estimate of drug-likeness (QED) is 0.595. The number of carbonyl (C=O) groups is 1. The van der Waals surface area contributed by atoms with E-state index in [9.17, 15) is 31.1 Å². The fraction of sp³-hybridized carbons (Fsp3) is 0.409. The first kappa shape index (κ1) is 26.0. The minimum atomic E-state index is -5.00. The van der Waals surface area contributed by atoms with Gasteiger partial charge in [0.2, 0.25) is 0 Å². The molecule has 176 valence electrons. The summed E-state index contributed by atoms with van der Waals surface area (Å²) >= 11 is 0. The average molecular weight is 481 g/mol. The van der Waals surface area contributed by atoms with Crippen molar-refractivity contribution in [1.29, 1.82) is 0 Å². The van der Waals surface area contributed by atoms with Crippen LogP contribution in [0.3, 0.4) is 0 Å². The first-order chi connectivity index (χ1) is 14.4. The molecule has 10 heteroatoms. The SMILES string of the molecule is Cc1ccc(C[C@@H]2CNCCN2C(=O)c2cc(C(F)(F)F)cc(C(F)(F)F)c2)cc1C.Cl. The summed E-state index contributed by atoms with van der Waals surface area (Å²) in [5, 5.41) is 3.13. The maximum Gasteiger partial charge on any atom is 0.416 e. The van der Waals surface area contributed by atoms with E-state index in [1.165, 1.54) is 4.90 Å². The second-order valence-electron chi connectivity index (χ2n) is 7.77. The van der Waals surface area contributed by atoms with E-state index < -0.39 is 41.0 Å². The molecule has 1 N–H and O–H groups in total. The van der Waals surface area contributed by atoms with Crippen LogP contribution in [0.25, 0.3) is 0 Å². The van der Waals surface area contributed by atoms with Crippen molar-refractivity contribution in [2.24, 2.45) is 0 Å². The third-order valence-corrected chi connectivity index (χ3v) is 5.49. The lowest BCUT2D eigenvalue weighted by Crippen LogP contribution is -2.54. The molecule has 1 heterocycles. The number of nitrogens with zero attached hydrogens (tertiary/aromatic N) is 1. The van der Waals surface area contributed by atoms with Crippen molar-refractivity contribution in [2.45, 2.75) is 38.7 Å². The van der Waals surface area contributed by atoms with Crippen LogP contribution in [0.2, 0.25) is 0 Å². The molecule has 1 amide bonds. The number of aryl methyl sites for hydroxylation is 2. The van der Waals surface area contributed by atoms with Gasteiger partial charge in [-0.1, -0.05) is 18.2 Å². The summed E-state index contributed by atoms with van der Waals surface area (Å²) < 4.78 is 79.0. The number of amides is 1. The third kappa shape index (κ3) is 5.95. The zero-order valence-electron chi connectivity index (χ0n) is 17.4. The molecule has 1 atom stereocenters. The van der Waals surface area contributed by atoms with Gasteiger partial charge in [-0.15, -0.1) is 12.4 Å². The number of hydrogen-bond acceptors (Lipinski definition) is 2. The van der Waals surface area contributed by atoms with Crippen molar-refractivity contribution >= 4 is 18.3 Å². The molecule has 3 rings (SSSR count). The molecule has 0 radical (unpaired) electrons. The summed E-state index contributed by atoms with van der Waals surface area (Å²) in [4.78, 5) is 14.4. The van der Waals surface area contributed by atoms with Crippen molar-refractivity contribution in [3.05, 3.63) is 69.8 Å².